The van der Waals surface area contributed by atoms with Gasteiger partial charge in [0, 0.05) is 0 Å². The van der Waals surface area contributed by atoms with Crippen molar-refractivity contribution in [2.24, 2.45) is 0 Å². The van der Waals surface area contributed by atoms with E-state index in [1.165, 1.54) is 13.3 Å². The zero-order valence-corrected chi connectivity index (χ0v) is 13.4. The Balaban J connectivity index is 0.000000433. The molecule has 3 aromatic rings. The highest BCUT2D eigenvalue weighted by atomic mass is 16.5. The van der Waals surface area contributed by atoms with Gasteiger partial charge in [-0.05, 0) is 30.2 Å². The molecule has 1 heterocycles. The molecule has 0 spiro atoms. The molecule has 1 N–H and O–H groups in total. The van der Waals surface area contributed by atoms with E-state index in [2.05, 4.69) is 22.0 Å². The van der Waals surface area contributed by atoms with Crippen LogP contribution in [0.4, 0.5) is 0 Å². The van der Waals surface area contributed by atoms with Crippen molar-refractivity contribution in [1.29, 1.82) is 0 Å². The number of hydrogen-bond acceptors (Lipinski definition) is 3. The topological polar surface area (TPSA) is 55.0 Å². The first-order chi connectivity index (χ1) is 11.2. The van der Waals surface area contributed by atoms with Crippen LogP contribution >= 0.6 is 0 Å². The molecule has 2 aromatic carbocycles. The summed E-state index contributed by atoms with van der Waals surface area (Å²) < 4.78 is 5.25. The molecule has 3 rings (SSSR count). The van der Waals surface area contributed by atoms with E-state index in [9.17, 15) is 4.79 Å². The maximum absolute atomic E-state index is 12.0. The number of hydrogen-bond donors (Lipinski definition) is 1. The second-order valence-corrected chi connectivity index (χ2v) is 4.67. The van der Waals surface area contributed by atoms with Gasteiger partial charge in [0.2, 0.25) is 0 Å². The largest absolute Gasteiger partial charge is 0.494 e. The second kappa shape index (κ2) is 7.81. The van der Waals surface area contributed by atoms with Crippen LogP contribution in [-0.2, 0) is 0 Å². The van der Waals surface area contributed by atoms with E-state index >= 15 is 0 Å². The first kappa shape index (κ1) is 16.3. The average molecular weight is 306 g/mol. The highest BCUT2D eigenvalue weighted by Gasteiger charge is 2.13. The molecule has 0 saturated heterocycles. The van der Waals surface area contributed by atoms with Gasteiger partial charge in [-0.1, -0.05) is 42.5 Å². The molecule has 0 unspecified atom stereocenters. The quantitative estimate of drug-likeness (QED) is 0.736. The monoisotopic (exact) mass is 306 g/mol. The smallest absolute Gasteiger partial charge is 0.275 e. The van der Waals surface area contributed by atoms with Crippen LogP contribution in [0.5, 0.6) is 5.75 Å². The summed E-state index contributed by atoms with van der Waals surface area (Å²) in [6, 6.07) is 13.8. The number of nitrogens with zero attached hydrogens (tertiary/aromatic N) is 1. The lowest BCUT2D eigenvalue weighted by molar-refractivity contribution is 0.412. The Hall–Kier alpha value is -3.06. The number of aromatic amines is 1. The van der Waals surface area contributed by atoms with Crippen LogP contribution in [0.25, 0.3) is 21.9 Å². The number of rotatable bonds is 2. The Kier molecular flexibility index (Phi) is 5.54. The summed E-state index contributed by atoms with van der Waals surface area (Å²) in [5.41, 5.74) is 1.10. The third kappa shape index (κ3) is 3.58. The highest BCUT2D eigenvalue weighted by molar-refractivity contribution is 5.97. The van der Waals surface area contributed by atoms with Crippen molar-refractivity contribution >= 4 is 10.8 Å². The summed E-state index contributed by atoms with van der Waals surface area (Å²) in [6.07, 6.45) is 1.51. The van der Waals surface area contributed by atoms with Crippen molar-refractivity contribution in [1.82, 2.24) is 10.2 Å². The molecule has 0 aliphatic carbocycles. The van der Waals surface area contributed by atoms with Gasteiger partial charge in [-0.25, -0.2) is 5.10 Å². The Morgan fingerprint density at radius 3 is 2.43 bits per heavy atom. The maximum Gasteiger partial charge on any atom is 0.275 e. The van der Waals surface area contributed by atoms with E-state index in [4.69, 9.17) is 4.74 Å². The van der Waals surface area contributed by atoms with E-state index in [1.54, 1.807) is 0 Å². The van der Waals surface area contributed by atoms with Crippen molar-refractivity contribution in [3.63, 3.8) is 0 Å². The first-order valence-corrected chi connectivity index (χ1v) is 7.16. The van der Waals surface area contributed by atoms with Crippen LogP contribution in [0.3, 0.4) is 0 Å². The van der Waals surface area contributed by atoms with Crippen molar-refractivity contribution < 1.29 is 4.74 Å². The molecule has 0 amide bonds. The third-order valence-corrected chi connectivity index (χ3v) is 3.35. The van der Waals surface area contributed by atoms with Crippen LogP contribution in [-0.4, -0.2) is 17.3 Å². The number of H-pyrrole nitrogens is 1. The van der Waals surface area contributed by atoms with Gasteiger partial charge in [0.1, 0.15) is 0 Å². The Labute approximate surface area is 135 Å². The summed E-state index contributed by atoms with van der Waals surface area (Å²) in [7, 11) is 1.53. The van der Waals surface area contributed by atoms with Gasteiger partial charge in [0.05, 0.1) is 18.9 Å². The van der Waals surface area contributed by atoms with Crippen molar-refractivity contribution in [3.05, 3.63) is 59.0 Å². The molecular formula is C19H18N2O2. The van der Waals surface area contributed by atoms with Crippen LogP contribution in [0.2, 0.25) is 0 Å². The zero-order chi connectivity index (χ0) is 16.7. The summed E-state index contributed by atoms with van der Waals surface area (Å²) in [5.74, 6) is 5.83. The number of ether oxygens (including phenoxy) is 1. The van der Waals surface area contributed by atoms with Crippen LogP contribution < -0.4 is 10.3 Å². The van der Waals surface area contributed by atoms with Crippen LogP contribution in [0.15, 0.2) is 53.5 Å². The molecular weight excluding hydrogens is 288 g/mol. The third-order valence-electron chi connectivity index (χ3n) is 3.35. The molecule has 0 fully saturated rings. The SMILES string of the molecule is CC#CC.COc1cn[nH]c(=O)c1-c1cccc2ccccc12. The summed E-state index contributed by atoms with van der Waals surface area (Å²) >= 11 is 0. The minimum absolute atomic E-state index is 0.254. The minimum Gasteiger partial charge on any atom is -0.494 e. The summed E-state index contributed by atoms with van der Waals surface area (Å²) in [5, 5.41) is 8.31. The fourth-order valence-electron chi connectivity index (χ4n) is 2.24. The van der Waals surface area contributed by atoms with E-state index in [0.29, 0.717) is 11.3 Å². The van der Waals surface area contributed by atoms with Gasteiger partial charge in [-0.15, -0.1) is 11.8 Å². The Bertz CT molecular complexity index is 906. The number of benzene rings is 2. The standard InChI is InChI=1S/C15H12N2O2.C4H6/c1-19-13-9-16-17-15(18)14(13)12-8-4-6-10-5-2-3-7-11(10)12;1-3-4-2/h2-9H,1H3,(H,17,18);1-2H3. The van der Waals surface area contributed by atoms with E-state index < -0.39 is 0 Å². The molecule has 0 saturated carbocycles. The lowest BCUT2D eigenvalue weighted by Gasteiger charge is -2.09. The molecule has 4 nitrogen and oxygen atoms in total. The van der Waals surface area contributed by atoms with Crippen molar-refractivity contribution in [2.75, 3.05) is 7.11 Å². The molecule has 0 aliphatic heterocycles. The zero-order valence-electron chi connectivity index (χ0n) is 13.4. The fraction of sp³-hybridized carbons (Fsp3) is 0.158. The number of nitrogens with one attached hydrogen (secondary N) is 1. The predicted octanol–water partition coefficient (Wildman–Crippen LogP) is 3.63. The van der Waals surface area contributed by atoms with Gasteiger partial charge in [0.25, 0.3) is 5.56 Å². The van der Waals surface area contributed by atoms with Crippen LogP contribution in [0.1, 0.15) is 13.8 Å². The van der Waals surface area contributed by atoms with Gasteiger partial charge in [0.15, 0.2) is 5.75 Å². The van der Waals surface area contributed by atoms with Gasteiger partial charge < -0.3 is 4.74 Å². The lowest BCUT2D eigenvalue weighted by atomic mass is 9.99. The average Bonchev–Trinajstić information content (AvgIpc) is 2.61. The molecule has 0 radical (unpaired) electrons. The number of fused-ring (bicyclic) bond motifs is 1. The molecule has 1 aromatic heterocycles. The molecule has 0 atom stereocenters. The van der Waals surface area contributed by atoms with E-state index in [0.717, 1.165) is 16.3 Å². The summed E-state index contributed by atoms with van der Waals surface area (Å²) in [4.78, 5) is 12.0. The highest BCUT2D eigenvalue weighted by Crippen LogP contribution is 2.31. The molecule has 0 aliphatic rings. The Morgan fingerprint density at radius 2 is 1.74 bits per heavy atom. The normalized spacial score (nSPS) is 9.35. The van der Waals surface area contributed by atoms with Gasteiger partial charge in [-0.2, -0.15) is 5.10 Å². The number of aromatic nitrogens is 2. The molecule has 4 heteroatoms. The van der Waals surface area contributed by atoms with E-state index in [1.807, 2.05) is 56.3 Å². The first-order valence-electron chi connectivity index (χ1n) is 7.16. The molecule has 116 valence electrons. The Morgan fingerprint density at radius 1 is 1.04 bits per heavy atom. The second-order valence-electron chi connectivity index (χ2n) is 4.67. The van der Waals surface area contributed by atoms with Gasteiger partial charge >= 0.3 is 0 Å². The molecule has 23 heavy (non-hydrogen) atoms. The maximum atomic E-state index is 12.0. The van der Waals surface area contributed by atoms with E-state index in [-0.39, 0.29) is 5.56 Å². The molecule has 0 bridgehead atoms. The fourth-order valence-corrected chi connectivity index (χ4v) is 2.24. The van der Waals surface area contributed by atoms with Crippen molar-refractivity contribution in [2.45, 2.75) is 13.8 Å². The van der Waals surface area contributed by atoms with Crippen molar-refractivity contribution in [3.8, 4) is 28.7 Å². The minimum atomic E-state index is -0.254. The van der Waals surface area contributed by atoms with Gasteiger partial charge in [-0.3, -0.25) is 4.79 Å². The van der Waals surface area contributed by atoms with Crippen LogP contribution in [0, 0.1) is 11.8 Å². The predicted molar refractivity (Wildman–Crippen MR) is 93.5 cm³/mol. The lowest BCUT2D eigenvalue weighted by Crippen LogP contribution is -2.12. The summed E-state index contributed by atoms with van der Waals surface area (Å²) in [6.45, 7) is 3.64. The number of methoxy groups -OCH3 is 1.